The molecule has 0 fully saturated rings. The fourth-order valence-electron chi connectivity index (χ4n) is 1.89. The van der Waals surface area contributed by atoms with Crippen LogP contribution in [0.2, 0.25) is 0 Å². The molecule has 0 bridgehead atoms. The number of hydrogen-bond donors (Lipinski definition) is 1. The van der Waals surface area contributed by atoms with E-state index >= 15 is 0 Å². The van der Waals surface area contributed by atoms with Gasteiger partial charge in [0.2, 0.25) is 0 Å². The smallest absolute Gasteiger partial charge is 0.159 e. The minimum atomic E-state index is -0.480. The first-order chi connectivity index (χ1) is 8.53. The third kappa shape index (κ3) is 2.76. The quantitative estimate of drug-likeness (QED) is 0.901. The van der Waals surface area contributed by atoms with E-state index in [0.29, 0.717) is 6.42 Å². The Balaban J connectivity index is 2.16. The van der Waals surface area contributed by atoms with E-state index < -0.39 is 5.54 Å². The Labute approximate surface area is 111 Å². The highest BCUT2D eigenvalue weighted by molar-refractivity contribution is 7.18. The van der Waals surface area contributed by atoms with Crippen LogP contribution in [-0.4, -0.2) is 22.9 Å². The van der Waals surface area contributed by atoms with E-state index in [0.717, 1.165) is 21.8 Å². The van der Waals surface area contributed by atoms with Crippen molar-refractivity contribution in [3.8, 4) is 0 Å². The first-order valence-electron chi connectivity index (χ1n) is 6.15. The van der Waals surface area contributed by atoms with E-state index in [1.807, 2.05) is 45.0 Å². The largest absolute Gasteiger partial charge is 0.306 e. The van der Waals surface area contributed by atoms with Crippen molar-refractivity contribution in [3.05, 3.63) is 29.3 Å². The highest BCUT2D eigenvalue weighted by atomic mass is 32.1. The standard InChI is InChI=1S/C14H18N2OS/c1-4-15-14(2,3)12(17)9-13-16-10-7-5-6-8-11(10)18-13/h5-8,15H,4,9H2,1-3H3. The van der Waals surface area contributed by atoms with Gasteiger partial charge in [-0.25, -0.2) is 4.98 Å². The number of fused-ring (bicyclic) bond motifs is 1. The van der Waals surface area contributed by atoms with Crippen molar-refractivity contribution in [2.75, 3.05) is 6.54 Å². The maximum Gasteiger partial charge on any atom is 0.159 e. The molecule has 1 aromatic carbocycles. The number of nitrogens with zero attached hydrogens (tertiary/aromatic N) is 1. The molecule has 0 atom stereocenters. The molecule has 0 aliphatic carbocycles. The van der Waals surface area contributed by atoms with Crippen molar-refractivity contribution >= 4 is 27.3 Å². The molecule has 0 aliphatic heterocycles. The fourth-order valence-corrected chi connectivity index (χ4v) is 2.86. The van der Waals surface area contributed by atoms with E-state index in [-0.39, 0.29) is 5.78 Å². The Morgan fingerprint density at radius 1 is 1.39 bits per heavy atom. The van der Waals surface area contributed by atoms with Crippen molar-refractivity contribution < 1.29 is 4.79 Å². The molecular formula is C14H18N2OS. The van der Waals surface area contributed by atoms with Crippen molar-refractivity contribution in [1.29, 1.82) is 0 Å². The summed E-state index contributed by atoms with van der Waals surface area (Å²) in [6, 6.07) is 7.98. The van der Waals surface area contributed by atoms with Crippen LogP contribution in [0.4, 0.5) is 0 Å². The third-order valence-corrected chi connectivity index (χ3v) is 4.00. The zero-order valence-electron chi connectivity index (χ0n) is 11.0. The molecule has 0 spiro atoms. The van der Waals surface area contributed by atoms with Gasteiger partial charge in [-0.2, -0.15) is 0 Å². The molecule has 0 radical (unpaired) electrons. The van der Waals surface area contributed by atoms with Gasteiger partial charge in [0.25, 0.3) is 0 Å². The van der Waals surface area contributed by atoms with E-state index in [2.05, 4.69) is 10.3 Å². The summed E-state index contributed by atoms with van der Waals surface area (Å²) in [4.78, 5) is 16.7. The van der Waals surface area contributed by atoms with E-state index in [9.17, 15) is 4.79 Å². The van der Waals surface area contributed by atoms with E-state index in [1.54, 1.807) is 11.3 Å². The van der Waals surface area contributed by atoms with Gasteiger partial charge in [-0.3, -0.25) is 4.79 Å². The van der Waals surface area contributed by atoms with Gasteiger partial charge in [-0.1, -0.05) is 19.1 Å². The molecule has 1 heterocycles. The van der Waals surface area contributed by atoms with E-state index in [4.69, 9.17) is 0 Å². The molecule has 0 unspecified atom stereocenters. The molecule has 2 aromatic rings. The van der Waals surface area contributed by atoms with E-state index in [1.165, 1.54) is 0 Å². The summed E-state index contributed by atoms with van der Waals surface area (Å²) < 4.78 is 1.14. The van der Waals surface area contributed by atoms with Gasteiger partial charge in [0.1, 0.15) is 5.01 Å². The lowest BCUT2D eigenvalue weighted by Crippen LogP contribution is -2.47. The zero-order valence-corrected chi connectivity index (χ0v) is 11.8. The van der Waals surface area contributed by atoms with Crippen LogP contribution in [0, 0.1) is 0 Å². The Kier molecular flexibility index (Phi) is 3.78. The number of likely N-dealkylation sites (N-methyl/N-ethyl adjacent to an activating group) is 1. The number of carbonyl (C=O) groups is 1. The van der Waals surface area contributed by atoms with Crippen LogP contribution in [-0.2, 0) is 11.2 Å². The summed E-state index contributed by atoms with van der Waals surface area (Å²) in [5, 5.41) is 4.10. The summed E-state index contributed by atoms with van der Waals surface area (Å²) in [7, 11) is 0. The Morgan fingerprint density at radius 2 is 2.11 bits per heavy atom. The van der Waals surface area contributed by atoms with Crippen LogP contribution in [0.15, 0.2) is 24.3 Å². The van der Waals surface area contributed by atoms with Crippen LogP contribution < -0.4 is 5.32 Å². The molecule has 0 saturated heterocycles. The number of benzene rings is 1. The van der Waals surface area contributed by atoms with Crippen LogP contribution in [0.3, 0.4) is 0 Å². The van der Waals surface area contributed by atoms with Gasteiger partial charge in [0.15, 0.2) is 5.78 Å². The van der Waals surface area contributed by atoms with Crippen molar-refractivity contribution in [2.45, 2.75) is 32.7 Å². The number of carbonyl (C=O) groups excluding carboxylic acids is 1. The molecule has 4 heteroatoms. The summed E-state index contributed by atoms with van der Waals surface area (Å²) in [6.07, 6.45) is 0.402. The van der Waals surface area contributed by atoms with Crippen LogP contribution in [0.1, 0.15) is 25.8 Å². The molecule has 1 aromatic heterocycles. The first-order valence-corrected chi connectivity index (χ1v) is 6.97. The van der Waals surface area contributed by atoms with Gasteiger partial charge in [-0.05, 0) is 32.5 Å². The highest BCUT2D eigenvalue weighted by Crippen LogP contribution is 2.23. The summed E-state index contributed by atoms with van der Waals surface area (Å²) in [5.41, 5.74) is 0.499. The molecule has 1 N–H and O–H groups in total. The number of rotatable bonds is 5. The molecule has 0 saturated carbocycles. The Hall–Kier alpha value is -1.26. The van der Waals surface area contributed by atoms with Crippen molar-refractivity contribution in [1.82, 2.24) is 10.3 Å². The molecular weight excluding hydrogens is 244 g/mol. The maximum absolute atomic E-state index is 12.2. The second kappa shape index (κ2) is 5.16. The number of aromatic nitrogens is 1. The summed E-state index contributed by atoms with van der Waals surface area (Å²) >= 11 is 1.60. The molecule has 18 heavy (non-hydrogen) atoms. The zero-order chi connectivity index (χ0) is 13.2. The predicted molar refractivity (Wildman–Crippen MR) is 76.1 cm³/mol. The number of nitrogens with one attached hydrogen (secondary N) is 1. The van der Waals surface area contributed by atoms with Gasteiger partial charge in [0, 0.05) is 0 Å². The monoisotopic (exact) mass is 262 g/mol. The number of thiazole rings is 1. The molecule has 3 nitrogen and oxygen atoms in total. The second-order valence-corrected chi connectivity index (χ2v) is 5.95. The van der Waals surface area contributed by atoms with Crippen molar-refractivity contribution in [3.63, 3.8) is 0 Å². The van der Waals surface area contributed by atoms with Crippen molar-refractivity contribution in [2.24, 2.45) is 0 Å². The first kappa shape index (κ1) is 13.2. The maximum atomic E-state index is 12.2. The summed E-state index contributed by atoms with van der Waals surface area (Å²) in [5.74, 6) is 0.184. The van der Waals surface area contributed by atoms with Crippen LogP contribution in [0.25, 0.3) is 10.2 Å². The van der Waals surface area contributed by atoms with Crippen LogP contribution in [0.5, 0.6) is 0 Å². The number of hydrogen-bond acceptors (Lipinski definition) is 4. The SMILES string of the molecule is CCNC(C)(C)C(=O)Cc1nc2ccccc2s1. The van der Waals surface area contributed by atoms with Gasteiger partial charge < -0.3 is 5.32 Å². The lowest BCUT2D eigenvalue weighted by atomic mass is 9.97. The topological polar surface area (TPSA) is 42.0 Å². The van der Waals surface area contributed by atoms with Gasteiger partial charge in [0.05, 0.1) is 22.2 Å². The fraction of sp³-hybridized carbons (Fsp3) is 0.429. The molecule has 2 rings (SSSR count). The number of ketones is 1. The second-order valence-electron chi connectivity index (χ2n) is 4.83. The molecule has 96 valence electrons. The molecule has 0 aliphatic rings. The minimum absolute atomic E-state index is 0.184. The van der Waals surface area contributed by atoms with Gasteiger partial charge >= 0.3 is 0 Å². The summed E-state index contributed by atoms with van der Waals surface area (Å²) in [6.45, 7) is 6.64. The minimum Gasteiger partial charge on any atom is -0.306 e. The lowest BCUT2D eigenvalue weighted by molar-refractivity contribution is -0.123. The highest BCUT2D eigenvalue weighted by Gasteiger charge is 2.26. The van der Waals surface area contributed by atoms with Gasteiger partial charge in [-0.15, -0.1) is 11.3 Å². The third-order valence-electron chi connectivity index (χ3n) is 2.97. The normalized spacial score (nSPS) is 11.9. The lowest BCUT2D eigenvalue weighted by Gasteiger charge is -2.23. The number of para-hydroxylation sites is 1. The van der Waals surface area contributed by atoms with Crippen LogP contribution >= 0.6 is 11.3 Å². The average Bonchev–Trinajstić information content (AvgIpc) is 2.70. The Morgan fingerprint density at radius 3 is 2.78 bits per heavy atom. The molecule has 0 amide bonds. The predicted octanol–water partition coefficient (Wildman–Crippen LogP) is 2.80. The number of Topliss-reactive ketones (excluding diaryl/α,β-unsaturated/α-hetero) is 1. The average molecular weight is 262 g/mol. The Bertz CT molecular complexity index is 527.